The lowest BCUT2D eigenvalue weighted by atomic mass is 9.83. The van der Waals surface area contributed by atoms with Gasteiger partial charge in [-0.1, -0.05) is 18.1 Å². The smallest absolute Gasteiger partial charge is 0.309 e. The maximum absolute atomic E-state index is 11.3. The summed E-state index contributed by atoms with van der Waals surface area (Å²) < 4.78 is 4.96. The summed E-state index contributed by atoms with van der Waals surface area (Å²) in [5.41, 5.74) is 2.71. The normalized spacial score (nSPS) is 22.4. The molecule has 0 amide bonds. The standard InChI is InChI=1S/C12H20O2/c1-4-14-12(13)8-11-7-5-6-9(2)10(11)3/h9H,4-8H2,1-3H3. The van der Waals surface area contributed by atoms with E-state index in [1.807, 2.05) is 6.92 Å². The van der Waals surface area contributed by atoms with Crippen molar-refractivity contribution in [3.8, 4) is 0 Å². The molecule has 0 heterocycles. The van der Waals surface area contributed by atoms with E-state index in [-0.39, 0.29) is 5.97 Å². The molecule has 14 heavy (non-hydrogen) atoms. The summed E-state index contributed by atoms with van der Waals surface area (Å²) in [6.07, 6.45) is 4.06. The number of rotatable bonds is 3. The van der Waals surface area contributed by atoms with Gasteiger partial charge in [-0.05, 0) is 39.0 Å². The number of hydrogen-bond donors (Lipinski definition) is 0. The zero-order chi connectivity index (χ0) is 10.6. The van der Waals surface area contributed by atoms with E-state index in [2.05, 4.69) is 13.8 Å². The minimum atomic E-state index is -0.0732. The highest BCUT2D eigenvalue weighted by atomic mass is 16.5. The minimum absolute atomic E-state index is 0.0732. The summed E-state index contributed by atoms with van der Waals surface area (Å²) in [5, 5.41) is 0. The maximum Gasteiger partial charge on any atom is 0.309 e. The summed E-state index contributed by atoms with van der Waals surface area (Å²) in [6.45, 7) is 6.72. The average Bonchev–Trinajstić information content (AvgIpc) is 2.13. The molecule has 0 fully saturated rings. The molecule has 2 nitrogen and oxygen atoms in total. The Balaban J connectivity index is 2.58. The largest absolute Gasteiger partial charge is 0.466 e. The first kappa shape index (κ1) is 11.3. The Hall–Kier alpha value is -0.790. The van der Waals surface area contributed by atoms with Crippen LogP contribution < -0.4 is 0 Å². The molecule has 1 unspecified atom stereocenters. The van der Waals surface area contributed by atoms with Crippen molar-refractivity contribution in [3.05, 3.63) is 11.1 Å². The Morgan fingerprint density at radius 3 is 2.93 bits per heavy atom. The summed E-state index contributed by atoms with van der Waals surface area (Å²) >= 11 is 0. The van der Waals surface area contributed by atoms with Gasteiger partial charge in [0, 0.05) is 0 Å². The third-order valence-corrected chi connectivity index (χ3v) is 3.08. The van der Waals surface area contributed by atoms with Gasteiger partial charge >= 0.3 is 5.97 Å². The van der Waals surface area contributed by atoms with Crippen LogP contribution in [0.2, 0.25) is 0 Å². The van der Waals surface area contributed by atoms with Crippen molar-refractivity contribution >= 4 is 5.97 Å². The topological polar surface area (TPSA) is 26.3 Å². The number of carbonyl (C=O) groups is 1. The van der Waals surface area contributed by atoms with Crippen molar-refractivity contribution in [3.63, 3.8) is 0 Å². The molecule has 0 aliphatic heterocycles. The molecule has 80 valence electrons. The van der Waals surface area contributed by atoms with Crippen molar-refractivity contribution in [2.45, 2.75) is 46.5 Å². The van der Waals surface area contributed by atoms with E-state index in [0.717, 1.165) is 6.42 Å². The van der Waals surface area contributed by atoms with Gasteiger partial charge in [0.05, 0.1) is 13.0 Å². The molecule has 0 bridgehead atoms. The predicted octanol–water partition coefficient (Wildman–Crippen LogP) is 3.08. The number of esters is 1. The third-order valence-electron chi connectivity index (χ3n) is 3.08. The minimum Gasteiger partial charge on any atom is -0.466 e. The SMILES string of the molecule is CCOC(=O)CC1=C(C)C(C)CCC1. The quantitative estimate of drug-likeness (QED) is 0.512. The van der Waals surface area contributed by atoms with E-state index in [9.17, 15) is 4.79 Å². The molecular weight excluding hydrogens is 176 g/mol. The third kappa shape index (κ3) is 2.86. The summed E-state index contributed by atoms with van der Waals surface area (Å²) in [5.74, 6) is 0.573. The number of allylic oxidation sites excluding steroid dienone is 1. The van der Waals surface area contributed by atoms with Gasteiger partial charge < -0.3 is 4.74 Å². The van der Waals surface area contributed by atoms with Gasteiger partial charge in [-0.15, -0.1) is 0 Å². The molecule has 0 saturated heterocycles. The van der Waals surface area contributed by atoms with E-state index in [4.69, 9.17) is 4.74 Å². The molecule has 0 aromatic carbocycles. The second-order valence-corrected chi connectivity index (χ2v) is 4.06. The Labute approximate surface area is 86.3 Å². The van der Waals surface area contributed by atoms with E-state index >= 15 is 0 Å². The Morgan fingerprint density at radius 1 is 1.57 bits per heavy atom. The van der Waals surface area contributed by atoms with Crippen LogP contribution in [0.15, 0.2) is 11.1 Å². The van der Waals surface area contributed by atoms with Crippen LogP contribution in [-0.2, 0) is 9.53 Å². The van der Waals surface area contributed by atoms with Gasteiger partial charge in [-0.3, -0.25) is 4.79 Å². The van der Waals surface area contributed by atoms with E-state index in [1.165, 1.54) is 24.0 Å². The van der Waals surface area contributed by atoms with Crippen molar-refractivity contribution in [2.24, 2.45) is 5.92 Å². The highest BCUT2D eigenvalue weighted by Crippen LogP contribution is 2.31. The summed E-state index contributed by atoms with van der Waals surface area (Å²) in [7, 11) is 0. The van der Waals surface area contributed by atoms with Crippen LogP contribution >= 0.6 is 0 Å². The second kappa shape index (κ2) is 5.18. The number of ether oxygens (including phenoxy) is 1. The van der Waals surface area contributed by atoms with Crippen molar-refractivity contribution < 1.29 is 9.53 Å². The maximum atomic E-state index is 11.3. The lowest BCUT2D eigenvalue weighted by molar-refractivity contribution is -0.142. The first-order valence-corrected chi connectivity index (χ1v) is 5.49. The first-order valence-electron chi connectivity index (χ1n) is 5.49. The average molecular weight is 196 g/mol. The van der Waals surface area contributed by atoms with Crippen LogP contribution in [0, 0.1) is 5.92 Å². The molecule has 0 aromatic heterocycles. The molecule has 0 aromatic rings. The van der Waals surface area contributed by atoms with Crippen LogP contribution in [-0.4, -0.2) is 12.6 Å². The van der Waals surface area contributed by atoms with Crippen LogP contribution in [0.25, 0.3) is 0 Å². The molecule has 0 spiro atoms. The van der Waals surface area contributed by atoms with Crippen LogP contribution in [0.1, 0.15) is 46.5 Å². The fourth-order valence-electron chi connectivity index (χ4n) is 2.00. The van der Waals surface area contributed by atoms with Crippen molar-refractivity contribution in [1.29, 1.82) is 0 Å². The second-order valence-electron chi connectivity index (χ2n) is 4.06. The van der Waals surface area contributed by atoms with E-state index in [0.29, 0.717) is 18.9 Å². The van der Waals surface area contributed by atoms with Crippen LogP contribution in [0.4, 0.5) is 0 Å². The molecule has 1 aliphatic rings. The monoisotopic (exact) mass is 196 g/mol. The van der Waals surface area contributed by atoms with E-state index < -0.39 is 0 Å². The van der Waals surface area contributed by atoms with Crippen molar-refractivity contribution in [2.75, 3.05) is 6.61 Å². The molecule has 0 N–H and O–H groups in total. The van der Waals surface area contributed by atoms with Crippen LogP contribution in [0.3, 0.4) is 0 Å². The Kier molecular flexibility index (Phi) is 4.18. The fraction of sp³-hybridized carbons (Fsp3) is 0.750. The number of carbonyl (C=O) groups excluding carboxylic acids is 1. The lowest BCUT2D eigenvalue weighted by Gasteiger charge is -2.23. The molecule has 0 saturated carbocycles. The Morgan fingerprint density at radius 2 is 2.29 bits per heavy atom. The fourth-order valence-corrected chi connectivity index (χ4v) is 2.00. The van der Waals surface area contributed by atoms with Gasteiger partial charge in [-0.25, -0.2) is 0 Å². The van der Waals surface area contributed by atoms with Crippen molar-refractivity contribution in [1.82, 2.24) is 0 Å². The molecule has 1 rings (SSSR count). The van der Waals surface area contributed by atoms with Gasteiger partial charge in [0.15, 0.2) is 0 Å². The molecule has 1 atom stereocenters. The van der Waals surface area contributed by atoms with Gasteiger partial charge in [0.1, 0.15) is 0 Å². The first-order chi connectivity index (χ1) is 6.65. The molecular formula is C12H20O2. The predicted molar refractivity (Wildman–Crippen MR) is 57.0 cm³/mol. The zero-order valence-corrected chi connectivity index (χ0v) is 9.43. The summed E-state index contributed by atoms with van der Waals surface area (Å²) in [4.78, 5) is 11.3. The van der Waals surface area contributed by atoms with Gasteiger partial charge in [0.2, 0.25) is 0 Å². The summed E-state index contributed by atoms with van der Waals surface area (Å²) in [6, 6.07) is 0. The van der Waals surface area contributed by atoms with E-state index in [1.54, 1.807) is 0 Å². The number of hydrogen-bond acceptors (Lipinski definition) is 2. The highest BCUT2D eigenvalue weighted by molar-refractivity contribution is 5.72. The zero-order valence-electron chi connectivity index (χ0n) is 9.43. The lowest BCUT2D eigenvalue weighted by Crippen LogP contribution is -2.12. The van der Waals surface area contributed by atoms with Gasteiger partial charge in [-0.2, -0.15) is 0 Å². The Bertz CT molecular complexity index is 241. The molecule has 2 heteroatoms. The molecule has 1 aliphatic carbocycles. The highest BCUT2D eigenvalue weighted by Gasteiger charge is 2.18. The van der Waals surface area contributed by atoms with Crippen LogP contribution in [0.5, 0.6) is 0 Å². The van der Waals surface area contributed by atoms with Gasteiger partial charge in [0.25, 0.3) is 0 Å². The molecule has 0 radical (unpaired) electrons.